The fourth-order valence-electron chi connectivity index (χ4n) is 4.93. The van der Waals surface area contributed by atoms with Gasteiger partial charge in [-0.25, -0.2) is 0 Å². The van der Waals surface area contributed by atoms with Crippen LogP contribution in [0.1, 0.15) is 24.0 Å². The normalized spacial score (nSPS) is 16.3. The summed E-state index contributed by atoms with van der Waals surface area (Å²) in [5.41, 5.74) is 3.75. The molecule has 0 aliphatic carbocycles. The number of para-hydroxylation sites is 1. The first-order valence-corrected chi connectivity index (χ1v) is 12.2. The van der Waals surface area contributed by atoms with Gasteiger partial charge in [0.05, 0.1) is 10.9 Å². The smallest absolute Gasteiger partial charge is 0.246 e. The van der Waals surface area contributed by atoms with Crippen LogP contribution in [0.4, 0.5) is 0 Å². The van der Waals surface area contributed by atoms with Crippen LogP contribution in [0.2, 0.25) is 0 Å². The van der Waals surface area contributed by atoms with Gasteiger partial charge in [-0.2, -0.15) is 0 Å². The van der Waals surface area contributed by atoms with E-state index < -0.39 is 5.60 Å². The molecule has 2 aliphatic heterocycles. The summed E-state index contributed by atoms with van der Waals surface area (Å²) in [6.45, 7) is 1.16. The van der Waals surface area contributed by atoms with Crippen molar-refractivity contribution < 1.29 is 13.9 Å². The van der Waals surface area contributed by atoms with Crippen LogP contribution >= 0.6 is 0 Å². The lowest BCUT2D eigenvalue weighted by Crippen LogP contribution is -2.49. The van der Waals surface area contributed by atoms with Gasteiger partial charge in [-0.05, 0) is 47.5 Å². The van der Waals surface area contributed by atoms with E-state index in [-0.39, 0.29) is 11.3 Å². The molecular formula is C31H25NO4. The van der Waals surface area contributed by atoms with Crippen LogP contribution in [0.3, 0.4) is 0 Å². The van der Waals surface area contributed by atoms with Crippen molar-refractivity contribution in [3.8, 4) is 16.9 Å². The summed E-state index contributed by atoms with van der Waals surface area (Å²) < 4.78 is 12.0. The number of hydrogen-bond donors (Lipinski definition) is 0. The lowest BCUT2D eigenvalue weighted by Gasteiger charge is -2.41. The SMILES string of the molecule is O=C(/C=C/c1coc2ccccc2c1=O)N1CCC2(C=Cc3cc(-c4ccccc4)ccc3O2)CC1. The van der Waals surface area contributed by atoms with Gasteiger partial charge in [0.1, 0.15) is 23.2 Å². The van der Waals surface area contributed by atoms with Gasteiger partial charge in [0.15, 0.2) is 5.43 Å². The first kappa shape index (κ1) is 22.1. The van der Waals surface area contributed by atoms with Crippen LogP contribution in [0.25, 0.3) is 34.2 Å². The van der Waals surface area contributed by atoms with Crippen molar-refractivity contribution in [3.63, 3.8) is 0 Å². The molecule has 3 heterocycles. The van der Waals surface area contributed by atoms with Gasteiger partial charge in [0.2, 0.25) is 5.91 Å². The molecule has 5 heteroatoms. The molecule has 0 saturated carbocycles. The van der Waals surface area contributed by atoms with Gasteiger partial charge in [-0.3, -0.25) is 9.59 Å². The summed E-state index contributed by atoms with van der Waals surface area (Å²) in [5, 5.41) is 0.504. The number of carbonyl (C=O) groups is 1. The van der Waals surface area contributed by atoms with Crippen LogP contribution in [-0.2, 0) is 4.79 Å². The molecule has 0 atom stereocenters. The van der Waals surface area contributed by atoms with E-state index in [4.69, 9.17) is 9.15 Å². The van der Waals surface area contributed by atoms with Crippen LogP contribution < -0.4 is 10.2 Å². The fraction of sp³-hybridized carbons (Fsp3) is 0.161. The van der Waals surface area contributed by atoms with E-state index >= 15 is 0 Å². The zero-order valence-electron chi connectivity index (χ0n) is 19.7. The minimum absolute atomic E-state index is 0.120. The maximum Gasteiger partial charge on any atom is 0.246 e. The second-order valence-corrected chi connectivity index (χ2v) is 9.29. The first-order chi connectivity index (χ1) is 17.6. The van der Waals surface area contributed by atoms with Gasteiger partial charge in [0.25, 0.3) is 0 Å². The lowest BCUT2D eigenvalue weighted by atomic mass is 9.87. The molecule has 1 saturated heterocycles. The van der Waals surface area contributed by atoms with E-state index in [0.29, 0.717) is 42.5 Å². The third-order valence-electron chi connectivity index (χ3n) is 7.03. The Morgan fingerprint density at radius 3 is 2.53 bits per heavy atom. The predicted octanol–water partition coefficient (Wildman–Crippen LogP) is 5.94. The molecular weight excluding hydrogens is 450 g/mol. The van der Waals surface area contributed by atoms with Gasteiger partial charge in [-0.15, -0.1) is 0 Å². The summed E-state index contributed by atoms with van der Waals surface area (Å²) in [5.74, 6) is 0.755. The Bertz CT molecular complexity index is 1560. The van der Waals surface area contributed by atoms with Crippen molar-refractivity contribution >= 4 is 29.0 Å². The zero-order valence-corrected chi connectivity index (χ0v) is 19.7. The van der Waals surface area contributed by atoms with E-state index in [2.05, 4.69) is 36.4 Å². The molecule has 3 aromatic carbocycles. The monoisotopic (exact) mass is 475 g/mol. The molecule has 6 rings (SSSR count). The molecule has 0 bridgehead atoms. The highest BCUT2D eigenvalue weighted by atomic mass is 16.5. The Kier molecular flexibility index (Phi) is 5.53. The summed E-state index contributed by atoms with van der Waals surface area (Å²) in [7, 11) is 0. The molecule has 2 aliphatic rings. The topological polar surface area (TPSA) is 59.8 Å². The number of piperidine rings is 1. The number of hydrogen-bond acceptors (Lipinski definition) is 4. The van der Waals surface area contributed by atoms with Gasteiger partial charge < -0.3 is 14.1 Å². The maximum absolute atomic E-state index is 12.8. The Labute approximate surface area is 208 Å². The first-order valence-electron chi connectivity index (χ1n) is 12.2. The third-order valence-corrected chi connectivity index (χ3v) is 7.03. The number of rotatable bonds is 3. The van der Waals surface area contributed by atoms with Crippen molar-refractivity contribution in [1.29, 1.82) is 0 Å². The highest BCUT2D eigenvalue weighted by Gasteiger charge is 2.37. The summed E-state index contributed by atoms with van der Waals surface area (Å²) in [6.07, 6.45) is 10.1. The second-order valence-electron chi connectivity index (χ2n) is 9.29. The highest BCUT2D eigenvalue weighted by Crippen LogP contribution is 2.38. The number of benzene rings is 3. The Morgan fingerprint density at radius 2 is 1.69 bits per heavy atom. The molecule has 1 spiro atoms. The summed E-state index contributed by atoms with van der Waals surface area (Å²) >= 11 is 0. The van der Waals surface area contributed by atoms with E-state index in [0.717, 1.165) is 16.9 Å². The van der Waals surface area contributed by atoms with Crippen LogP contribution in [0.15, 0.2) is 100 Å². The Morgan fingerprint density at radius 1 is 0.917 bits per heavy atom. The average Bonchev–Trinajstić information content (AvgIpc) is 2.93. The van der Waals surface area contributed by atoms with E-state index in [1.807, 2.05) is 30.3 Å². The molecule has 0 radical (unpaired) electrons. The molecule has 4 aromatic rings. The van der Waals surface area contributed by atoms with Gasteiger partial charge in [-0.1, -0.05) is 54.6 Å². The highest BCUT2D eigenvalue weighted by molar-refractivity contribution is 5.92. The molecule has 0 N–H and O–H groups in total. The molecule has 1 aromatic heterocycles. The number of amides is 1. The maximum atomic E-state index is 12.8. The number of likely N-dealkylation sites (tertiary alicyclic amines) is 1. The fourth-order valence-corrected chi connectivity index (χ4v) is 4.93. The van der Waals surface area contributed by atoms with E-state index in [1.165, 1.54) is 17.9 Å². The van der Waals surface area contributed by atoms with E-state index in [1.54, 1.807) is 29.2 Å². The van der Waals surface area contributed by atoms with Crippen molar-refractivity contribution in [2.24, 2.45) is 0 Å². The third kappa shape index (κ3) is 4.13. The number of ether oxygens (including phenoxy) is 1. The Hall–Kier alpha value is -4.38. The van der Waals surface area contributed by atoms with Crippen LogP contribution in [-0.4, -0.2) is 29.5 Å². The van der Waals surface area contributed by atoms with Gasteiger partial charge >= 0.3 is 0 Å². The largest absolute Gasteiger partial charge is 0.482 e. The molecule has 1 fully saturated rings. The standard InChI is InChI=1S/C31H25NO4/c33-29(13-11-25-21-35-28-9-5-4-8-26(28)30(25)34)32-18-16-31(17-19-32)15-14-24-20-23(10-12-27(24)36-31)22-6-2-1-3-7-22/h1-15,20-21H,16-19H2/b13-11+. The van der Waals surface area contributed by atoms with Crippen molar-refractivity contribution in [2.45, 2.75) is 18.4 Å². The minimum Gasteiger partial charge on any atom is -0.482 e. The second kappa shape index (κ2) is 9.00. The number of fused-ring (bicyclic) bond motifs is 2. The molecule has 5 nitrogen and oxygen atoms in total. The van der Waals surface area contributed by atoms with E-state index in [9.17, 15) is 9.59 Å². The van der Waals surface area contributed by atoms with Gasteiger partial charge in [0, 0.05) is 37.6 Å². The quantitative estimate of drug-likeness (QED) is 0.344. The number of carbonyl (C=O) groups excluding carboxylic acids is 1. The summed E-state index contributed by atoms with van der Waals surface area (Å²) in [4.78, 5) is 27.3. The Balaban J connectivity index is 1.12. The summed E-state index contributed by atoms with van der Waals surface area (Å²) in [6, 6.07) is 23.7. The minimum atomic E-state index is -0.402. The molecule has 1 amide bonds. The van der Waals surface area contributed by atoms with Crippen LogP contribution in [0, 0.1) is 0 Å². The van der Waals surface area contributed by atoms with Crippen LogP contribution in [0.5, 0.6) is 5.75 Å². The van der Waals surface area contributed by atoms with Crippen molar-refractivity contribution in [1.82, 2.24) is 4.90 Å². The van der Waals surface area contributed by atoms with Crippen molar-refractivity contribution in [2.75, 3.05) is 13.1 Å². The van der Waals surface area contributed by atoms with Crippen molar-refractivity contribution in [3.05, 3.63) is 113 Å². The lowest BCUT2D eigenvalue weighted by molar-refractivity contribution is -0.128. The zero-order chi connectivity index (χ0) is 24.5. The predicted molar refractivity (Wildman–Crippen MR) is 142 cm³/mol. The number of nitrogens with zero attached hydrogens (tertiary/aromatic N) is 1. The molecule has 0 unspecified atom stereocenters. The molecule has 36 heavy (non-hydrogen) atoms. The average molecular weight is 476 g/mol. The molecule has 178 valence electrons.